The first-order chi connectivity index (χ1) is 12.7. The van der Waals surface area contributed by atoms with Crippen LogP contribution in [0.3, 0.4) is 0 Å². The number of hydrogen-bond acceptors (Lipinski definition) is 5. The number of hydrogen-bond donors (Lipinski definition) is 1. The molecule has 7 heteroatoms. The molecule has 3 aromatic rings. The molecule has 0 aliphatic carbocycles. The first-order valence-corrected chi connectivity index (χ1v) is 8.15. The third-order valence-electron chi connectivity index (χ3n) is 3.92. The fraction of sp³-hybridized carbons (Fsp3) is 0.211. The second kappa shape index (κ2) is 8.15. The number of carbonyl (C=O) groups is 1. The van der Waals surface area contributed by atoms with Gasteiger partial charge in [-0.2, -0.15) is 5.10 Å². The number of benzene rings is 2. The molecule has 0 atom stereocenters. The molecule has 0 radical (unpaired) electrons. The monoisotopic (exact) mass is 352 g/mol. The van der Waals surface area contributed by atoms with E-state index in [1.165, 1.54) is 0 Å². The van der Waals surface area contributed by atoms with E-state index < -0.39 is 0 Å². The van der Waals surface area contributed by atoms with E-state index in [1.54, 1.807) is 38.9 Å². The Bertz CT molecular complexity index is 933. The number of amides is 1. The van der Waals surface area contributed by atoms with Crippen molar-refractivity contribution >= 4 is 23.2 Å². The number of ether oxygens (including phenoxy) is 2. The van der Waals surface area contributed by atoms with Crippen molar-refractivity contribution < 1.29 is 14.3 Å². The van der Waals surface area contributed by atoms with Gasteiger partial charge in [0, 0.05) is 13.0 Å². The molecule has 1 aromatic heterocycles. The van der Waals surface area contributed by atoms with Crippen LogP contribution in [0.1, 0.15) is 12.0 Å². The molecule has 0 bridgehead atoms. The van der Waals surface area contributed by atoms with Crippen molar-refractivity contribution in [2.75, 3.05) is 14.2 Å². The van der Waals surface area contributed by atoms with Crippen LogP contribution < -0.4 is 14.9 Å². The molecule has 3 rings (SSSR count). The summed E-state index contributed by atoms with van der Waals surface area (Å²) in [5.41, 5.74) is 5.25. The molecule has 1 N–H and O–H groups in total. The van der Waals surface area contributed by atoms with E-state index in [-0.39, 0.29) is 5.91 Å². The van der Waals surface area contributed by atoms with Gasteiger partial charge < -0.3 is 14.0 Å². The number of hydrazone groups is 1. The SMILES string of the molecule is COc1ccc(C=NNC(=O)CCn2cnc3ccccc32)cc1OC. The van der Waals surface area contributed by atoms with Gasteiger partial charge in [0.2, 0.25) is 5.91 Å². The van der Waals surface area contributed by atoms with Crippen molar-refractivity contribution in [2.24, 2.45) is 5.10 Å². The predicted molar refractivity (Wildman–Crippen MR) is 99.6 cm³/mol. The third kappa shape index (κ3) is 4.00. The average Bonchev–Trinajstić information content (AvgIpc) is 3.09. The van der Waals surface area contributed by atoms with E-state index in [1.807, 2.05) is 34.9 Å². The molecular weight excluding hydrogens is 332 g/mol. The van der Waals surface area contributed by atoms with Crippen molar-refractivity contribution in [1.82, 2.24) is 15.0 Å². The maximum Gasteiger partial charge on any atom is 0.241 e. The number of carbonyl (C=O) groups excluding carboxylic acids is 1. The Morgan fingerprint density at radius 3 is 2.81 bits per heavy atom. The number of nitrogens with one attached hydrogen (secondary N) is 1. The van der Waals surface area contributed by atoms with Gasteiger partial charge in [0.1, 0.15) is 0 Å². The Balaban J connectivity index is 1.54. The number of nitrogens with zero attached hydrogens (tertiary/aromatic N) is 3. The minimum Gasteiger partial charge on any atom is -0.493 e. The van der Waals surface area contributed by atoms with Crippen molar-refractivity contribution in [3.05, 3.63) is 54.4 Å². The van der Waals surface area contributed by atoms with Crippen LogP contribution >= 0.6 is 0 Å². The van der Waals surface area contributed by atoms with Crippen LogP contribution in [0.25, 0.3) is 11.0 Å². The Labute approximate surface area is 151 Å². The maximum atomic E-state index is 12.0. The number of imidazole rings is 1. The van der Waals surface area contributed by atoms with Gasteiger partial charge in [0.15, 0.2) is 11.5 Å². The van der Waals surface area contributed by atoms with Gasteiger partial charge in [-0.25, -0.2) is 10.4 Å². The summed E-state index contributed by atoms with van der Waals surface area (Å²) in [6, 6.07) is 13.2. The Kier molecular flexibility index (Phi) is 5.48. The number of para-hydroxylation sites is 2. The highest BCUT2D eigenvalue weighted by atomic mass is 16.5. The van der Waals surface area contributed by atoms with Gasteiger partial charge in [-0.1, -0.05) is 12.1 Å². The van der Waals surface area contributed by atoms with Gasteiger partial charge in [-0.05, 0) is 35.9 Å². The molecule has 26 heavy (non-hydrogen) atoms. The number of rotatable bonds is 7. The summed E-state index contributed by atoms with van der Waals surface area (Å²) in [5, 5.41) is 3.99. The Morgan fingerprint density at radius 2 is 2.00 bits per heavy atom. The lowest BCUT2D eigenvalue weighted by molar-refractivity contribution is -0.121. The number of aromatic nitrogens is 2. The molecule has 0 saturated heterocycles. The second-order valence-corrected chi connectivity index (χ2v) is 5.58. The lowest BCUT2D eigenvalue weighted by Gasteiger charge is -2.07. The van der Waals surface area contributed by atoms with Crippen LogP contribution in [-0.4, -0.2) is 35.9 Å². The summed E-state index contributed by atoms with van der Waals surface area (Å²) in [5.74, 6) is 1.08. The Hall–Kier alpha value is -3.35. The van der Waals surface area contributed by atoms with Gasteiger partial charge in [-0.15, -0.1) is 0 Å². The van der Waals surface area contributed by atoms with E-state index in [0.29, 0.717) is 24.5 Å². The van der Waals surface area contributed by atoms with Crippen LogP contribution in [-0.2, 0) is 11.3 Å². The van der Waals surface area contributed by atoms with Crippen LogP contribution in [0, 0.1) is 0 Å². The smallest absolute Gasteiger partial charge is 0.241 e. The van der Waals surface area contributed by atoms with E-state index in [4.69, 9.17) is 9.47 Å². The van der Waals surface area contributed by atoms with Crippen molar-refractivity contribution in [2.45, 2.75) is 13.0 Å². The lowest BCUT2D eigenvalue weighted by atomic mass is 10.2. The van der Waals surface area contributed by atoms with Gasteiger partial charge in [0.05, 0.1) is 37.8 Å². The zero-order valence-electron chi connectivity index (χ0n) is 14.7. The molecule has 0 aliphatic rings. The van der Waals surface area contributed by atoms with Crippen molar-refractivity contribution in [1.29, 1.82) is 0 Å². The summed E-state index contributed by atoms with van der Waals surface area (Å²) in [6.45, 7) is 0.540. The second-order valence-electron chi connectivity index (χ2n) is 5.58. The van der Waals surface area contributed by atoms with Crippen molar-refractivity contribution in [3.63, 3.8) is 0 Å². The number of aryl methyl sites for hydroxylation is 1. The summed E-state index contributed by atoms with van der Waals surface area (Å²) in [7, 11) is 3.15. The van der Waals surface area contributed by atoms with E-state index >= 15 is 0 Å². The summed E-state index contributed by atoms with van der Waals surface area (Å²) < 4.78 is 12.4. The fourth-order valence-electron chi connectivity index (χ4n) is 2.58. The summed E-state index contributed by atoms with van der Waals surface area (Å²) in [4.78, 5) is 16.3. The molecule has 1 heterocycles. The van der Waals surface area contributed by atoms with Crippen molar-refractivity contribution in [3.8, 4) is 11.5 Å². The molecular formula is C19H20N4O3. The quantitative estimate of drug-likeness (QED) is 0.524. The summed E-state index contributed by atoms with van der Waals surface area (Å²) in [6.07, 6.45) is 3.61. The lowest BCUT2D eigenvalue weighted by Crippen LogP contribution is -2.19. The zero-order valence-corrected chi connectivity index (χ0v) is 14.7. The molecule has 134 valence electrons. The minimum atomic E-state index is -0.167. The largest absolute Gasteiger partial charge is 0.493 e. The minimum absolute atomic E-state index is 0.167. The van der Waals surface area contributed by atoms with E-state index in [9.17, 15) is 4.79 Å². The molecule has 0 aliphatic heterocycles. The number of fused-ring (bicyclic) bond motifs is 1. The van der Waals surface area contributed by atoms with E-state index in [2.05, 4.69) is 15.5 Å². The van der Waals surface area contributed by atoms with Gasteiger partial charge in [-0.3, -0.25) is 4.79 Å². The molecule has 7 nitrogen and oxygen atoms in total. The number of methoxy groups -OCH3 is 2. The molecule has 0 unspecified atom stereocenters. The van der Waals surface area contributed by atoms with E-state index in [0.717, 1.165) is 16.6 Å². The third-order valence-corrected chi connectivity index (χ3v) is 3.92. The molecule has 1 amide bonds. The highest BCUT2D eigenvalue weighted by Crippen LogP contribution is 2.26. The van der Waals surface area contributed by atoms with Crippen LogP contribution in [0.2, 0.25) is 0 Å². The topological polar surface area (TPSA) is 77.7 Å². The van der Waals surface area contributed by atoms with Crippen LogP contribution in [0.15, 0.2) is 53.9 Å². The Morgan fingerprint density at radius 1 is 1.19 bits per heavy atom. The highest BCUT2D eigenvalue weighted by Gasteiger charge is 2.05. The first kappa shape index (κ1) is 17.5. The average molecular weight is 352 g/mol. The molecule has 0 spiro atoms. The molecule has 2 aromatic carbocycles. The summed E-state index contributed by atoms with van der Waals surface area (Å²) >= 11 is 0. The first-order valence-electron chi connectivity index (χ1n) is 8.15. The predicted octanol–water partition coefficient (Wildman–Crippen LogP) is 2.59. The maximum absolute atomic E-state index is 12.0. The standard InChI is InChI=1S/C19H20N4O3/c1-25-17-8-7-14(11-18(17)26-2)12-21-22-19(24)9-10-23-13-20-15-5-3-4-6-16(15)23/h3-8,11-13H,9-10H2,1-2H3,(H,22,24). The molecule has 0 fully saturated rings. The normalized spacial score (nSPS) is 11.0. The van der Waals surface area contributed by atoms with Crippen LogP contribution in [0.5, 0.6) is 11.5 Å². The fourth-order valence-corrected chi connectivity index (χ4v) is 2.58. The van der Waals surface area contributed by atoms with Gasteiger partial charge in [0.25, 0.3) is 0 Å². The molecule has 0 saturated carbocycles. The van der Waals surface area contributed by atoms with Gasteiger partial charge >= 0.3 is 0 Å². The van der Waals surface area contributed by atoms with Crippen LogP contribution in [0.4, 0.5) is 0 Å². The zero-order chi connectivity index (χ0) is 18.4. The highest BCUT2D eigenvalue weighted by molar-refractivity contribution is 5.83.